The van der Waals surface area contributed by atoms with Gasteiger partial charge in [-0.15, -0.1) is 0 Å². The van der Waals surface area contributed by atoms with Crippen LogP contribution in [0.3, 0.4) is 0 Å². The monoisotopic (exact) mass is 319 g/mol. The minimum absolute atomic E-state index is 0.655. The van der Waals surface area contributed by atoms with Crippen molar-refractivity contribution in [3.63, 3.8) is 0 Å². The minimum Gasteiger partial charge on any atom is -0.362 e. The zero-order valence-electron chi connectivity index (χ0n) is 11.2. The molecule has 3 nitrogen and oxygen atoms in total. The van der Waals surface area contributed by atoms with Crippen LogP contribution in [-0.2, 0) is 6.42 Å². The lowest BCUT2D eigenvalue weighted by atomic mass is 10.1. The summed E-state index contributed by atoms with van der Waals surface area (Å²) in [5.74, 6) is 0. The smallest absolute Gasteiger partial charge is 0.166 e. The Labute approximate surface area is 130 Å². The van der Waals surface area contributed by atoms with Gasteiger partial charge in [-0.05, 0) is 50.4 Å². The zero-order valence-corrected chi connectivity index (χ0v) is 13.5. The number of likely N-dealkylation sites (N-methyl/N-ethyl adjacent to an activating group) is 1. The van der Waals surface area contributed by atoms with Crippen molar-refractivity contribution in [1.29, 1.82) is 0 Å². The summed E-state index contributed by atoms with van der Waals surface area (Å²) in [6.45, 7) is 2.53. The number of thiocarbonyl (C=S) groups is 1. The third-order valence-corrected chi connectivity index (χ3v) is 3.42. The van der Waals surface area contributed by atoms with Gasteiger partial charge in [-0.3, -0.25) is 0 Å². The molecule has 0 fully saturated rings. The maximum absolute atomic E-state index is 6.10. The van der Waals surface area contributed by atoms with Gasteiger partial charge in [0.25, 0.3) is 0 Å². The summed E-state index contributed by atoms with van der Waals surface area (Å²) in [6.07, 6.45) is 0.811. The van der Waals surface area contributed by atoms with E-state index in [2.05, 4.69) is 15.5 Å². The fourth-order valence-electron chi connectivity index (χ4n) is 1.49. The maximum atomic E-state index is 6.10. The molecule has 0 atom stereocenters. The van der Waals surface area contributed by atoms with Crippen LogP contribution in [0, 0.1) is 0 Å². The molecule has 0 aromatic heterocycles. The number of hydrogen-bond donors (Lipinski definition) is 2. The van der Waals surface area contributed by atoms with Crippen molar-refractivity contribution in [3.8, 4) is 0 Å². The Morgan fingerprint density at radius 2 is 1.89 bits per heavy atom. The topological polar surface area (TPSA) is 27.3 Å². The third kappa shape index (κ3) is 6.97. The van der Waals surface area contributed by atoms with E-state index in [-0.39, 0.29) is 0 Å². The average molecular weight is 320 g/mol. The first kappa shape index (κ1) is 16.5. The first-order chi connectivity index (χ1) is 8.99. The molecule has 6 heteroatoms. The molecule has 0 bridgehead atoms. The van der Waals surface area contributed by atoms with Crippen molar-refractivity contribution < 1.29 is 0 Å². The molecule has 0 aliphatic heterocycles. The molecule has 1 aromatic carbocycles. The van der Waals surface area contributed by atoms with Crippen molar-refractivity contribution in [1.82, 2.24) is 15.5 Å². The highest BCUT2D eigenvalue weighted by molar-refractivity contribution is 7.80. The first-order valence-electron chi connectivity index (χ1n) is 6.09. The van der Waals surface area contributed by atoms with E-state index in [1.165, 1.54) is 0 Å². The summed E-state index contributed by atoms with van der Waals surface area (Å²) in [5.41, 5.74) is 1.06. The van der Waals surface area contributed by atoms with Crippen LogP contribution in [0.5, 0.6) is 0 Å². The molecule has 0 saturated heterocycles. The van der Waals surface area contributed by atoms with Crippen LogP contribution in [0.25, 0.3) is 0 Å². The van der Waals surface area contributed by atoms with Gasteiger partial charge in [0.2, 0.25) is 0 Å². The van der Waals surface area contributed by atoms with Gasteiger partial charge >= 0.3 is 0 Å². The normalized spacial score (nSPS) is 10.6. The van der Waals surface area contributed by atoms with Gasteiger partial charge in [0.05, 0.1) is 0 Å². The van der Waals surface area contributed by atoms with Crippen LogP contribution in [-0.4, -0.2) is 43.7 Å². The molecule has 0 amide bonds. The maximum Gasteiger partial charge on any atom is 0.166 e. The molecule has 0 radical (unpaired) electrons. The predicted molar refractivity (Wildman–Crippen MR) is 87.3 cm³/mol. The number of hydrogen-bond acceptors (Lipinski definition) is 2. The van der Waals surface area contributed by atoms with Gasteiger partial charge in [0.1, 0.15) is 0 Å². The first-order valence-corrected chi connectivity index (χ1v) is 7.26. The Morgan fingerprint density at radius 1 is 1.21 bits per heavy atom. The Kier molecular flexibility index (Phi) is 7.46. The van der Waals surface area contributed by atoms with Gasteiger partial charge in [-0.2, -0.15) is 0 Å². The molecule has 1 aromatic rings. The van der Waals surface area contributed by atoms with E-state index in [1.54, 1.807) is 6.07 Å². The predicted octanol–water partition coefficient (Wildman–Crippen LogP) is 2.56. The van der Waals surface area contributed by atoms with Gasteiger partial charge in [-0.25, -0.2) is 0 Å². The molecule has 19 heavy (non-hydrogen) atoms. The quantitative estimate of drug-likeness (QED) is 0.788. The molecule has 0 unspecified atom stereocenters. The van der Waals surface area contributed by atoms with Crippen LogP contribution in [0.15, 0.2) is 18.2 Å². The van der Waals surface area contributed by atoms with E-state index in [0.717, 1.165) is 31.6 Å². The molecule has 0 saturated carbocycles. The lowest BCUT2D eigenvalue weighted by molar-refractivity contribution is 0.412. The minimum atomic E-state index is 0.655. The van der Waals surface area contributed by atoms with E-state index in [1.807, 2.05) is 26.2 Å². The highest BCUT2D eigenvalue weighted by atomic mass is 35.5. The molecule has 106 valence electrons. The molecule has 1 rings (SSSR count). The van der Waals surface area contributed by atoms with Gasteiger partial charge in [0, 0.05) is 29.7 Å². The zero-order chi connectivity index (χ0) is 14.3. The second kappa shape index (κ2) is 8.59. The summed E-state index contributed by atoms with van der Waals surface area (Å²) in [4.78, 5) is 2.10. The van der Waals surface area contributed by atoms with Gasteiger partial charge in [0.15, 0.2) is 5.11 Å². The van der Waals surface area contributed by atoms with Crippen molar-refractivity contribution >= 4 is 40.5 Å². The van der Waals surface area contributed by atoms with Crippen LogP contribution in [0.4, 0.5) is 0 Å². The van der Waals surface area contributed by atoms with Crippen molar-refractivity contribution in [2.24, 2.45) is 0 Å². The number of rotatable bonds is 6. The van der Waals surface area contributed by atoms with E-state index in [9.17, 15) is 0 Å². The molecule has 0 heterocycles. The lowest BCUT2D eigenvalue weighted by Gasteiger charge is -2.13. The second-order valence-corrected chi connectivity index (χ2v) is 5.72. The SMILES string of the molecule is CN(C)CCNC(=S)NCCc1ccc(Cl)cc1Cl. The van der Waals surface area contributed by atoms with Crippen LogP contribution in [0.1, 0.15) is 5.56 Å². The van der Waals surface area contributed by atoms with Crippen molar-refractivity contribution in [2.45, 2.75) is 6.42 Å². The van der Waals surface area contributed by atoms with E-state index in [0.29, 0.717) is 15.2 Å². The molecule has 0 aliphatic carbocycles. The van der Waals surface area contributed by atoms with Crippen LogP contribution < -0.4 is 10.6 Å². The molecular formula is C13H19Cl2N3S. The highest BCUT2D eigenvalue weighted by Gasteiger charge is 2.02. The van der Waals surface area contributed by atoms with E-state index in [4.69, 9.17) is 35.4 Å². The standard InChI is InChI=1S/C13H19Cl2N3S/c1-18(2)8-7-17-13(19)16-6-5-10-3-4-11(14)9-12(10)15/h3-4,9H,5-8H2,1-2H3,(H2,16,17,19). The van der Waals surface area contributed by atoms with Crippen molar-refractivity contribution in [3.05, 3.63) is 33.8 Å². The van der Waals surface area contributed by atoms with Crippen molar-refractivity contribution in [2.75, 3.05) is 33.7 Å². The number of benzene rings is 1. The van der Waals surface area contributed by atoms with E-state index < -0.39 is 0 Å². The number of nitrogens with zero attached hydrogens (tertiary/aromatic N) is 1. The Bertz CT molecular complexity index is 424. The molecular weight excluding hydrogens is 301 g/mol. The number of nitrogens with one attached hydrogen (secondary N) is 2. The summed E-state index contributed by atoms with van der Waals surface area (Å²) >= 11 is 17.1. The molecule has 0 aliphatic rings. The second-order valence-electron chi connectivity index (χ2n) is 4.47. The largest absolute Gasteiger partial charge is 0.362 e. The summed E-state index contributed by atoms with van der Waals surface area (Å²) in [6, 6.07) is 5.54. The fourth-order valence-corrected chi connectivity index (χ4v) is 2.20. The van der Waals surface area contributed by atoms with E-state index >= 15 is 0 Å². The Morgan fingerprint density at radius 3 is 2.53 bits per heavy atom. The third-order valence-electron chi connectivity index (χ3n) is 2.54. The fraction of sp³-hybridized carbons (Fsp3) is 0.462. The Hall–Kier alpha value is -0.550. The summed E-state index contributed by atoms with van der Waals surface area (Å²) in [7, 11) is 4.06. The Balaban J connectivity index is 2.24. The number of halogens is 2. The highest BCUT2D eigenvalue weighted by Crippen LogP contribution is 2.20. The van der Waals surface area contributed by atoms with Gasteiger partial charge < -0.3 is 15.5 Å². The summed E-state index contributed by atoms with van der Waals surface area (Å²) in [5, 5.41) is 8.33. The lowest BCUT2D eigenvalue weighted by Crippen LogP contribution is -2.39. The molecule has 0 spiro atoms. The van der Waals surface area contributed by atoms with Crippen LogP contribution in [0.2, 0.25) is 10.0 Å². The summed E-state index contributed by atoms with van der Waals surface area (Å²) < 4.78 is 0. The average Bonchev–Trinajstić information content (AvgIpc) is 2.31. The van der Waals surface area contributed by atoms with Gasteiger partial charge in [-0.1, -0.05) is 29.3 Å². The molecule has 2 N–H and O–H groups in total. The van der Waals surface area contributed by atoms with Crippen LogP contribution >= 0.6 is 35.4 Å².